The molecule has 0 amide bonds. The van der Waals surface area contributed by atoms with Crippen molar-refractivity contribution in [2.75, 3.05) is 13.1 Å². The van der Waals surface area contributed by atoms with Crippen molar-refractivity contribution >= 4 is 5.78 Å². The number of aryl methyl sites for hydroxylation is 1. The Labute approximate surface area is 137 Å². The third kappa shape index (κ3) is 4.05. The van der Waals surface area contributed by atoms with Crippen LogP contribution < -0.4 is 5.32 Å². The summed E-state index contributed by atoms with van der Waals surface area (Å²) < 4.78 is 1.92. The second-order valence-corrected chi connectivity index (χ2v) is 6.59. The molecule has 23 heavy (non-hydrogen) atoms. The van der Waals surface area contributed by atoms with E-state index in [1.54, 1.807) is 6.20 Å². The quantitative estimate of drug-likeness (QED) is 0.885. The number of hydrogen-bond acceptors (Lipinski definition) is 4. The summed E-state index contributed by atoms with van der Waals surface area (Å²) in [5.41, 5.74) is 1.11. The minimum atomic E-state index is 0.0296. The number of aromatic nitrogens is 3. The van der Waals surface area contributed by atoms with Gasteiger partial charge in [-0.05, 0) is 49.9 Å². The lowest BCUT2D eigenvalue weighted by molar-refractivity contribution is -0.121. The van der Waals surface area contributed by atoms with E-state index in [9.17, 15) is 4.79 Å². The molecule has 1 N–H and O–H groups in total. The molecule has 1 aliphatic rings. The minimum absolute atomic E-state index is 0.0296. The van der Waals surface area contributed by atoms with E-state index in [1.165, 1.54) is 0 Å². The fourth-order valence-corrected chi connectivity index (χ4v) is 3.48. The number of pyridine rings is 1. The van der Waals surface area contributed by atoms with Gasteiger partial charge in [-0.2, -0.15) is 0 Å². The van der Waals surface area contributed by atoms with Crippen LogP contribution in [0, 0.1) is 5.41 Å². The molecule has 3 heterocycles. The van der Waals surface area contributed by atoms with Gasteiger partial charge in [-0.1, -0.05) is 6.07 Å². The molecular weight excluding hydrogens is 288 g/mol. The summed E-state index contributed by atoms with van der Waals surface area (Å²) in [4.78, 5) is 21.4. The van der Waals surface area contributed by atoms with E-state index in [0.29, 0.717) is 12.8 Å². The van der Waals surface area contributed by atoms with E-state index in [-0.39, 0.29) is 11.2 Å². The summed E-state index contributed by atoms with van der Waals surface area (Å²) in [6, 6.07) is 6.02. The van der Waals surface area contributed by atoms with Crippen molar-refractivity contribution in [2.45, 2.75) is 32.1 Å². The molecule has 0 radical (unpaired) electrons. The highest BCUT2D eigenvalue weighted by Crippen LogP contribution is 2.36. The SMILES string of the molecule is Cn1ccnc1CC(=O)CC1(Cc2ccccn2)CCNCC1. The average molecular weight is 312 g/mol. The van der Waals surface area contributed by atoms with Crippen LogP contribution >= 0.6 is 0 Å². The Morgan fingerprint density at radius 2 is 2.09 bits per heavy atom. The van der Waals surface area contributed by atoms with Gasteiger partial charge in [0.2, 0.25) is 0 Å². The van der Waals surface area contributed by atoms with Crippen molar-refractivity contribution in [3.05, 3.63) is 48.3 Å². The van der Waals surface area contributed by atoms with Gasteiger partial charge in [-0.25, -0.2) is 4.98 Å². The number of nitrogens with zero attached hydrogens (tertiary/aromatic N) is 3. The first-order valence-corrected chi connectivity index (χ1v) is 8.25. The first-order valence-electron chi connectivity index (χ1n) is 8.25. The standard InChI is InChI=1S/C18H24N4O/c1-22-11-10-21-17(22)12-16(23)14-18(5-8-19-9-6-18)13-15-4-2-3-7-20-15/h2-4,7,10-11,19H,5-6,8-9,12-14H2,1H3. The first-order chi connectivity index (χ1) is 11.2. The van der Waals surface area contributed by atoms with Crippen LogP contribution in [0.2, 0.25) is 0 Å². The molecule has 122 valence electrons. The van der Waals surface area contributed by atoms with Crippen molar-refractivity contribution < 1.29 is 4.79 Å². The molecule has 3 rings (SSSR count). The number of carbonyl (C=O) groups is 1. The molecule has 0 aliphatic carbocycles. The number of imidazole rings is 1. The Morgan fingerprint density at radius 3 is 2.74 bits per heavy atom. The van der Waals surface area contributed by atoms with Crippen molar-refractivity contribution in [1.82, 2.24) is 19.9 Å². The van der Waals surface area contributed by atoms with E-state index >= 15 is 0 Å². The van der Waals surface area contributed by atoms with Crippen molar-refractivity contribution in [3.8, 4) is 0 Å². The van der Waals surface area contributed by atoms with Crippen LogP contribution in [0.5, 0.6) is 0 Å². The van der Waals surface area contributed by atoms with Crippen LogP contribution in [0.3, 0.4) is 0 Å². The van der Waals surface area contributed by atoms with E-state index < -0.39 is 0 Å². The van der Waals surface area contributed by atoms with Gasteiger partial charge in [0.15, 0.2) is 0 Å². The van der Waals surface area contributed by atoms with Crippen LogP contribution in [-0.4, -0.2) is 33.4 Å². The maximum atomic E-state index is 12.6. The van der Waals surface area contributed by atoms with Crippen molar-refractivity contribution in [3.63, 3.8) is 0 Å². The van der Waals surface area contributed by atoms with Gasteiger partial charge in [0, 0.05) is 37.8 Å². The predicted molar refractivity (Wildman–Crippen MR) is 89.0 cm³/mol. The summed E-state index contributed by atoms with van der Waals surface area (Å²) in [5, 5.41) is 3.41. The Bertz CT molecular complexity index is 644. The molecule has 0 spiro atoms. The number of rotatable bonds is 6. The maximum absolute atomic E-state index is 12.6. The molecule has 5 nitrogen and oxygen atoms in total. The zero-order valence-electron chi connectivity index (χ0n) is 13.7. The molecule has 2 aromatic rings. The summed E-state index contributed by atoms with van der Waals surface area (Å²) in [6.07, 6.45) is 9.42. The van der Waals surface area contributed by atoms with Gasteiger partial charge >= 0.3 is 0 Å². The second-order valence-electron chi connectivity index (χ2n) is 6.59. The smallest absolute Gasteiger partial charge is 0.140 e. The molecular formula is C18H24N4O. The third-order valence-electron chi connectivity index (χ3n) is 4.79. The predicted octanol–water partition coefficient (Wildman–Crippen LogP) is 1.93. The zero-order chi connectivity index (χ0) is 16.1. The highest BCUT2D eigenvalue weighted by atomic mass is 16.1. The van der Waals surface area contributed by atoms with Crippen molar-refractivity contribution in [2.24, 2.45) is 12.5 Å². The molecule has 1 saturated heterocycles. The number of ketones is 1. The second kappa shape index (κ2) is 7.04. The fraction of sp³-hybridized carbons (Fsp3) is 0.500. The van der Waals surface area contributed by atoms with Crippen LogP contribution in [0.25, 0.3) is 0 Å². The number of hydrogen-bond donors (Lipinski definition) is 1. The number of carbonyl (C=O) groups excluding carboxylic acids is 1. The molecule has 0 bridgehead atoms. The van der Waals surface area contributed by atoms with E-state index in [1.807, 2.05) is 36.1 Å². The summed E-state index contributed by atoms with van der Waals surface area (Å²) in [5.74, 6) is 1.12. The molecule has 0 unspecified atom stereocenters. The molecule has 5 heteroatoms. The van der Waals surface area contributed by atoms with Gasteiger partial charge in [0.1, 0.15) is 11.6 Å². The summed E-state index contributed by atoms with van der Waals surface area (Å²) in [6.45, 7) is 1.95. The largest absolute Gasteiger partial charge is 0.338 e. The molecule has 0 aromatic carbocycles. The topological polar surface area (TPSA) is 59.8 Å². The molecule has 2 aromatic heterocycles. The molecule has 1 aliphatic heterocycles. The zero-order valence-corrected chi connectivity index (χ0v) is 13.7. The van der Waals surface area contributed by atoms with E-state index in [4.69, 9.17) is 0 Å². The van der Waals surface area contributed by atoms with Gasteiger partial charge in [0.05, 0.1) is 6.42 Å². The summed E-state index contributed by atoms with van der Waals surface area (Å²) in [7, 11) is 1.93. The van der Waals surface area contributed by atoms with E-state index in [2.05, 4.69) is 21.4 Å². The first kappa shape index (κ1) is 15.9. The molecule has 0 saturated carbocycles. The lowest BCUT2D eigenvalue weighted by atomic mass is 9.71. The lowest BCUT2D eigenvalue weighted by Crippen LogP contribution is -2.40. The highest BCUT2D eigenvalue weighted by molar-refractivity contribution is 5.80. The highest BCUT2D eigenvalue weighted by Gasteiger charge is 2.34. The van der Waals surface area contributed by atoms with E-state index in [0.717, 1.165) is 43.9 Å². The Kier molecular flexibility index (Phi) is 4.86. The minimum Gasteiger partial charge on any atom is -0.338 e. The number of piperidine rings is 1. The monoisotopic (exact) mass is 312 g/mol. The Hall–Kier alpha value is -2.01. The summed E-state index contributed by atoms with van der Waals surface area (Å²) >= 11 is 0. The van der Waals surface area contributed by atoms with Crippen molar-refractivity contribution in [1.29, 1.82) is 0 Å². The average Bonchev–Trinajstić information content (AvgIpc) is 2.94. The van der Waals surface area contributed by atoms with Crippen LogP contribution in [0.15, 0.2) is 36.8 Å². The van der Waals surface area contributed by atoms with Gasteiger partial charge in [-0.3, -0.25) is 9.78 Å². The van der Waals surface area contributed by atoms with Gasteiger partial charge < -0.3 is 9.88 Å². The lowest BCUT2D eigenvalue weighted by Gasteiger charge is -2.37. The molecule has 1 fully saturated rings. The van der Waals surface area contributed by atoms with Gasteiger partial charge in [-0.15, -0.1) is 0 Å². The van der Waals surface area contributed by atoms with Crippen LogP contribution in [0.1, 0.15) is 30.8 Å². The number of Topliss-reactive ketones (excluding diaryl/α,β-unsaturated/α-hetero) is 1. The van der Waals surface area contributed by atoms with Crippen LogP contribution in [-0.2, 0) is 24.7 Å². The van der Waals surface area contributed by atoms with Gasteiger partial charge in [0.25, 0.3) is 0 Å². The number of nitrogens with one attached hydrogen (secondary N) is 1. The third-order valence-corrected chi connectivity index (χ3v) is 4.79. The Balaban J connectivity index is 1.71. The fourth-order valence-electron chi connectivity index (χ4n) is 3.48. The normalized spacial score (nSPS) is 17.1. The Morgan fingerprint density at radius 1 is 1.26 bits per heavy atom. The maximum Gasteiger partial charge on any atom is 0.140 e. The molecule has 0 atom stereocenters. The van der Waals surface area contributed by atoms with Crippen LogP contribution in [0.4, 0.5) is 0 Å².